The van der Waals surface area contributed by atoms with Crippen molar-refractivity contribution in [3.63, 3.8) is 0 Å². The molecular formula is C14H31NO. The minimum Gasteiger partial charge on any atom is -0.380 e. The SMILES string of the molecule is COC(CNC(C)CCC(C)C)C(C)(C)C. The van der Waals surface area contributed by atoms with Gasteiger partial charge in [-0.3, -0.25) is 0 Å². The Hall–Kier alpha value is -0.0800. The molecule has 0 fully saturated rings. The lowest BCUT2D eigenvalue weighted by molar-refractivity contribution is 0.0158. The van der Waals surface area contributed by atoms with Crippen LogP contribution in [0.15, 0.2) is 0 Å². The topological polar surface area (TPSA) is 21.3 Å². The van der Waals surface area contributed by atoms with Crippen LogP contribution in [-0.4, -0.2) is 25.8 Å². The normalized spacial score (nSPS) is 16.5. The van der Waals surface area contributed by atoms with E-state index in [1.165, 1.54) is 12.8 Å². The summed E-state index contributed by atoms with van der Waals surface area (Å²) >= 11 is 0. The fourth-order valence-electron chi connectivity index (χ4n) is 1.74. The van der Waals surface area contributed by atoms with Crippen molar-refractivity contribution in [3.8, 4) is 0 Å². The molecule has 2 atom stereocenters. The van der Waals surface area contributed by atoms with Crippen LogP contribution in [0, 0.1) is 11.3 Å². The molecular weight excluding hydrogens is 198 g/mol. The molecule has 0 rings (SSSR count). The summed E-state index contributed by atoms with van der Waals surface area (Å²) in [6, 6.07) is 0.586. The largest absolute Gasteiger partial charge is 0.380 e. The first-order valence-electron chi connectivity index (χ1n) is 6.53. The first-order chi connectivity index (χ1) is 7.27. The third-order valence-electron chi connectivity index (χ3n) is 3.08. The van der Waals surface area contributed by atoms with Crippen molar-refractivity contribution >= 4 is 0 Å². The second-order valence-corrected chi connectivity index (χ2v) is 6.37. The molecule has 0 saturated carbocycles. The van der Waals surface area contributed by atoms with E-state index in [4.69, 9.17) is 4.74 Å². The molecule has 2 unspecified atom stereocenters. The Morgan fingerprint density at radius 2 is 1.62 bits per heavy atom. The van der Waals surface area contributed by atoms with Gasteiger partial charge in [-0.15, -0.1) is 0 Å². The van der Waals surface area contributed by atoms with Crippen molar-refractivity contribution in [2.24, 2.45) is 11.3 Å². The summed E-state index contributed by atoms with van der Waals surface area (Å²) in [5, 5.41) is 3.57. The van der Waals surface area contributed by atoms with Gasteiger partial charge in [-0.2, -0.15) is 0 Å². The maximum Gasteiger partial charge on any atom is 0.0743 e. The molecule has 0 spiro atoms. The molecule has 1 N–H and O–H groups in total. The van der Waals surface area contributed by atoms with Crippen LogP contribution in [-0.2, 0) is 4.74 Å². The van der Waals surface area contributed by atoms with Gasteiger partial charge in [0.15, 0.2) is 0 Å². The van der Waals surface area contributed by atoms with E-state index in [0.717, 1.165) is 12.5 Å². The summed E-state index contributed by atoms with van der Waals surface area (Å²) in [5.74, 6) is 0.796. The van der Waals surface area contributed by atoms with E-state index in [9.17, 15) is 0 Å². The first kappa shape index (κ1) is 15.9. The number of methoxy groups -OCH3 is 1. The minimum absolute atomic E-state index is 0.208. The highest BCUT2D eigenvalue weighted by Gasteiger charge is 2.24. The maximum atomic E-state index is 5.53. The molecule has 0 bridgehead atoms. The second kappa shape index (κ2) is 7.29. The van der Waals surface area contributed by atoms with Crippen LogP contribution in [0.2, 0.25) is 0 Å². The maximum absolute atomic E-state index is 5.53. The van der Waals surface area contributed by atoms with Crippen LogP contribution in [0.3, 0.4) is 0 Å². The average molecular weight is 229 g/mol. The second-order valence-electron chi connectivity index (χ2n) is 6.37. The molecule has 0 aliphatic rings. The Labute approximate surface area is 102 Å². The van der Waals surface area contributed by atoms with E-state index in [-0.39, 0.29) is 11.5 Å². The van der Waals surface area contributed by atoms with Gasteiger partial charge in [-0.05, 0) is 31.1 Å². The molecule has 0 radical (unpaired) electrons. The third-order valence-corrected chi connectivity index (χ3v) is 3.08. The first-order valence-corrected chi connectivity index (χ1v) is 6.53. The monoisotopic (exact) mass is 229 g/mol. The van der Waals surface area contributed by atoms with Gasteiger partial charge in [0.25, 0.3) is 0 Å². The van der Waals surface area contributed by atoms with Gasteiger partial charge in [0.05, 0.1) is 6.10 Å². The summed E-state index contributed by atoms with van der Waals surface area (Å²) in [6.07, 6.45) is 2.83. The van der Waals surface area contributed by atoms with Crippen molar-refractivity contribution in [2.75, 3.05) is 13.7 Å². The van der Waals surface area contributed by atoms with Crippen molar-refractivity contribution in [3.05, 3.63) is 0 Å². The van der Waals surface area contributed by atoms with Gasteiger partial charge in [0.1, 0.15) is 0 Å². The van der Waals surface area contributed by atoms with Gasteiger partial charge in [-0.1, -0.05) is 34.6 Å². The Morgan fingerprint density at radius 3 is 2.00 bits per heavy atom. The van der Waals surface area contributed by atoms with Crippen LogP contribution in [0.1, 0.15) is 54.4 Å². The summed E-state index contributed by atoms with van der Waals surface area (Å²) in [4.78, 5) is 0. The third kappa shape index (κ3) is 7.24. The quantitative estimate of drug-likeness (QED) is 0.722. The molecule has 2 nitrogen and oxygen atoms in total. The zero-order valence-electron chi connectivity index (χ0n) is 12.3. The van der Waals surface area contributed by atoms with E-state index in [0.29, 0.717) is 6.04 Å². The minimum atomic E-state index is 0.208. The lowest BCUT2D eigenvalue weighted by Gasteiger charge is -2.30. The zero-order chi connectivity index (χ0) is 12.8. The van der Waals surface area contributed by atoms with Crippen LogP contribution in [0.4, 0.5) is 0 Å². The Bertz CT molecular complexity index is 172. The van der Waals surface area contributed by atoms with Crippen molar-refractivity contribution in [2.45, 2.75) is 66.5 Å². The van der Waals surface area contributed by atoms with Gasteiger partial charge in [-0.25, -0.2) is 0 Å². The summed E-state index contributed by atoms with van der Waals surface area (Å²) in [7, 11) is 1.80. The van der Waals surface area contributed by atoms with Gasteiger partial charge in [0, 0.05) is 19.7 Å². The number of hydrogen-bond acceptors (Lipinski definition) is 2. The van der Waals surface area contributed by atoms with Gasteiger partial charge >= 0.3 is 0 Å². The average Bonchev–Trinajstić information content (AvgIpc) is 2.13. The molecule has 98 valence electrons. The van der Waals surface area contributed by atoms with Crippen LogP contribution < -0.4 is 5.32 Å². The van der Waals surface area contributed by atoms with Gasteiger partial charge < -0.3 is 10.1 Å². The molecule has 0 amide bonds. The van der Waals surface area contributed by atoms with E-state index >= 15 is 0 Å². The fourth-order valence-corrected chi connectivity index (χ4v) is 1.74. The molecule has 0 aliphatic carbocycles. The lowest BCUT2D eigenvalue weighted by atomic mass is 9.88. The smallest absolute Gasteiger partial charge is 0.0743 e. The standard InChI is InChI=1S/C14H31NO/c1-11(2)8-9-12(3)15-10-13(16-7)14(4,5)6/h11-13,15H,8-10H2,1-7H3. The molecule has 0 aliphatic heterocycles. The summed E-state index contributed by atoms with van der Waals surface area (Å²) in [6.45, 7) is 14.4. The van der Waals surface area contributed by atoms with E-state index < -0.39 is 0 Å². The predicted octanol–water partition coefficient (Wildman–Crippen LogP) is 3.46. The molecule has 0 saturated heterocycles. The van der Waals surface area contributed by atoms with Crippen molar-refractivity contribution < 1.29 is 4.74 Å². The van der Waals surface area contributed by atoms with Crippen LogP contribution in [0.5, 0.6) is 0 Å². The van der Waals surface area contributed by atoms with E-state index in [1.54, 1.807) is 7.11 Å². The van der Waals surface area contributed by atoms with E-state index in [1.807, 2.05) is 0 Å². The molecule has 0 heterocycles. The molecule has 0 aromatic carbocycles. The van der Waals surface area contributed by atoms with E-state index in [2.05, 4.69) is 46.9 Å². The summed E-state index contributed by atoms with van der Waals surface area (Å²) in [5.41, 5.74) is 0.208. The highest BCUT2D eigenvalue weighted by atomic mass is 16.5. The molecule has 16 heavy (non-hydrogen) atoms. The molecule has 2 heteroatoms. The van der Waals surface area contributed by atoms with Crippen molar-refractivity contribution in [1.29, 1.82) is 0 Å². The van der Waals surface area contributed by atoms with Crippen molar-refractivity contribution in [1.82, 2.24) is 5.32 Å². The lowest BCUT2D eigenvalue weighted by Crippen LogP contribution is -2.41. The van der Waals surface area contributed by atoms with Crippen LogP contribution >= 0.6 is 0 Å². The number of rotatable bonds is 7. The highest BCUT2D eigenvalue weighted by Crippen LogP contribution is 2.21. The Morgan fingerprint density at radius 1 is 1.06 bits per heavy atom. The number of nitrogens with one attached hydrogen (secondary N) is 1. The zero-order valence-corrected chi connectivity index (χ0v) is 12.3. The number of ether oxygens (including phenoxy) is 1. The number of hydrogen-bond donors (Lipinski definition) is 1. The van der Waals surface area contributed by atoms with Crippen LogP contribution in [0.25, 0.3) is 0 Å². The molecule has 0 aromatic rings. The highest BCUT2D eigenvalue weighted by molar-refractivity contribution is 4.77. The Balaban J connectivity index is 3.84. The summed E-state index contributed by atoms with van der Waals surface area (Å²) < 4.78 is 5.53. The predicted molar refractivity (Wildman–Crippen MR) is 71.8 cm³/mol. The van der Waals surface area contributed by atoms with Gasteiger partial charge in [0.2, 0.25) is 0 Å². The molecule has 0 aromatic heterocycles. The fraction of sp³-hybridized carbons (Fsp3) is 1.00. The Kier molecular flexibility index (Phi) is 7.25.